The molecule has 1 aromatic carbocycles. The van der Waals surface area contributed by atoms with Crippen molar-refractivity contribution in [3.8, 4) is 11.7 Å². The zero-order valence-corrected chi connectivity index (χ0v) is 12.7. The van der Waals surface area contributed by atoms with Crippen molar-refractivity contribution in [1.29, 1.82) is 0 Å². The lowest BCUT2D eigenvalue weighted by atomic mass is 10.2. The maximum atomic E-state index is 11.9. The van der Waals surface area contributed by atoms with Crippen molar-refractivity contribution in [1.82, 2.24) is 15.1 Å². The number of furan rings is 1. The number of hydrogen-bond donors (Lipinski definition) is 0. The van der Waals surface area contributed by atoms with Crippen LogP contribution in [-0.4, -0.2) is 39.8 Å². The van der Waals surface area contributed by atoms with E-state index in [0.29, 0.717) is 16.9 Å². The van der Waals surface area contributed by atoms with Crippen molar-refractivity contribution < 1.29 is 13.6 Å². The number of thioether (sulfide) groups is 1. The van der Waals surface area contributed by atoms with E-state index in [1.807, 2.05) is 30.3 Å². The first-order valence-electron chi connectivity index (χ1n) is 6.95. The summed E-state index contributed by atoms with van der Waals surface area (Å²) in [7, 11) is 1.80. The van der Waals surface area contributed by atoms with E-state index < -0.39 is 0 Å². The van der Waals surface area contributed by atoms with Crippen LogP contribution >= 0.6 is 11.8 Å². The Morgan fingerprint density at radius 3 is 2.91 bits per heavy atom. The largest absolute Gasteiger partial charge is 0.451 e. The second-order valence-electron chi connectivity index (χ2n) is 5.18. The van der Waals surface area contributed by atoms with E-state index in [2.05, 4.69) is 10.2 Å². The van der Waals surface area contributed by atoms with Crippen LogP contribution in [0.1, 0.15) is 6.42 Å². The van der Waals surface area contributed by atoms with Gasteiger partial charge in [-0.2, -0.15) is 0 Å². The molecule has 2 aromatic heterocycles. The molecule has 0 saturated carbocycles. The summed E-state index contributed by atoms with van der Waals surface area (Å²) in [5.41, 5.74) is 0.775. The molecule has 4 rings (SSSR count). The van der Waals surface area contributed by atoms with Crippen LogP contribution in [0.5, 0.6) is 0 Å². The van der Waals surface area contributed by atoms with Gasteiger partial charge in [0.05, 0.1) is 5.25 Å². The van der Waals surface area contributed by atoms with Gasteiger partial charge in [-0.15, -0.1) is 10.2 Å². The minimum Gasteiger partial charge on any atom is -0.451 e. The highest BCUT2D eigenvalue weighted by Gasteiger charge is 2.31. The Labute approximate surface area is 130 Å². The van der Waals surface area contributed by atoms with Crippen LogP contribution in [0.2, 0.25) is 0 Å². The molecule has 1 atom stereocenters. The average Bonchev–Trinajstić information content (AvgIpc) is 3.22. The SMILES string of the molecule is CN1CC[C@@H](Sc2nnc(-c3cc4ccccc4o3)o2)C1=O. The van der Waals surface area contributed by atoms with Crippen LogP contribution in [0.25, 0.3) is 22.6 Å². The molecule has 0 unspecified atom stereocenters. The fourth-order valence-corrected chi connectivity index (χ4v) is 3.43. The number of benzene rings is 1. The van der Waals surface area contributed by atoms with E-state index in [4.69, 9.17) is 8.83 Å². The molecule has 112 valence electrons. The molecule has 1 fully saturated rings. The molecular formula is C15H13N3O3S. The van der Waals surface area contributed by atoms with Gasteiger partial charge >= 0.3 is 0 Å². The number of rotatable bonds is 3. The van der Waals surface area contributed by atoms with E-state index in [0.717, 1.165) is 23.9 Å². The van der Waals surface area contributed by atoms with Gasteiger partial charge in [0.2, 0.25) is 5.91 Å². The molecule has 6 nitrogen and oxygen atoms in total. The van der Waals surface area contributed by atoms with Gasteiger partial charge in [-0.3, -0.25) is 4.79 Å². The number of fused-ring (bicyclic) bond motifs is 1. The van der Waals surface area contributed by atoms with Crippen LogP contribution in [-0.2, 0) is 4.79 Å². The van der Waals surface area contributed by atoms with Crippen molar-refractivity contribution in [3.05, 3.63) is 30.3 Å². The minimum absolute atomic E-state index is 0.105. The number of hydrogen-bond acceptors (Lipinski definition) is 6. The van der Waals surface area contributed by atoms with Gasteiger partial charge in [0, 0.05) is 19.0 Å². The first kappa shape index (κ1) is 13.4. The third kappa shape index (κ3) is 2.27. The average molecular weight is 315 g/mol. The number of para-hydroxylation sites is 1. The number of nitrogens with zero attached hydrogens (tertiary/aromatic N) is 3. The fraction of sp³-hybridized carbons (Fsp3) is 0.267. The Morgan fingerprint density at radius 2 is 2.14 bits per heavy atom. The van der Waals surface area contributed by atoms with Gasteiger partial charge in [0.1, 0.15) is 5.58 Å². The Morgan fingerprint density at radius 1 is 1.27 bits per heavy atom. The molecule has 0 radical (unpaired) electrons. The van der Waals surface area contributed by atoms with E-state index in [-0.39, 0.29) is 11.2 Å². The van der Waals surface area contributed by atoms with Crippen molar-refractivity contribution in [2.45, 2.75) is 16.9 Å². The number of likely N-dealkylation sites (tertiary alicyclic amines) is 1. The number of amides is 1. The predicted octanol–water partition coefficient (Wildman–Crippen LogP) is 2.81. The van der Waals surface area contributed by atoms with Gasteiger partial charge < -0.3 is 13.7 Å². The van der Waals surface area contributed by atoms with Crippen LogP contribution in [0, 0.1) is 0 Å². The minimum atomic E-state index is -0.144. The molecule has 3 aromatic rings. The molecule has 22 heavy (non-hydrogen) atoms. The van der Waals surface area contributed by atoms with Gasteiger partial charge in [-0.1, -0.05) is 30.0 Å². The number of aromatic nitrogens is 2. The monoisotopic (exact) mass is 315 g/mol. The lowest BCUT2D eigenvalue weighted by molar-refractivity contribution is -0.126. The first-order chi connectivity index (χ1) is 10.7. The zero-order chi connectivity index (χ0) is 15.1. The molecule has 1 aliphatic heterocycles. The van der Waals surface area contributed by atoms with Gasteiger partial charge in [-0.25, -0.2) is 0 Å². The lowest BCUT2D eigenvalue weighted by Crippen LogP contribution is -2.23. The summed E-state index contributed by atoms with van der Waals surface area (Å²) in [4.78, 5) is 13.6. The molecule has 3 heterocycles. The van der Waals surface area contributed by atoms with Crippen molar-refractivity contribution in [2.24, 2.45) is 0 Å². The molecule has 7 heteroatoms. The zero-order valence-electron chi connectivity index (χ0n) is 11.9. The predicted molar refractivity (Wildman–Crippen MR) is 81.4 cm³/mol. The third-order valence-corrected chi connectivity index (χ3v) is 4.75. The van der Waals surface area contributed by atoms with Crippen LogP contribution in [0.15, 0.2) is 44.4 Å². The summed E-state index contributed by atoms with van der Waals surface area (Å²) < 4.78 is 11.3. The number of carbonyl (C=O) groups is 1. The van der Waals surface area contributed by atoms with Crippen LogP contribution < -0.4 is 0 Å². The van der Waals surface area contributed by atoms with Crippen LogP contribution in [0.4, 0.5) is 0 Å². The van der Waals surface area contributed by atoms with Gasteiger partial charge in [0.25, 0.3) is 11.1 Å². The highest BCUT2D eigenvalue weighted by atomic mass is 32.2. The molecular weight excluding hydrogens is 302 g/mol. The molecule has 0 aliphatic carbocycles. The Kier molecular flexibility index (Phi) is 3.15. The fourth-order valence-electron chi connectivity index (χ4n) is 2.47. The second-order valence-corrected chi connectivity index (χ2v) is 6.33. The maximum Gasteiger partial charge on any atom is 0.284 e. The van der Waals surface area contributed by atoms with Crippen molar-refractivity contribution in [3.63, 3.8) is 0 Å². The van der Waals surface area contributed by atoms with Crippen molar-refractivity contribution in [2.75, 3.05) is 13.6 Å². The highest BCUT2D eigenvalue weighted by Crippen LogP contribution is 2.32. The summed E-state index contributed by atoms with van der Waals surface area (Å²) in [6, 6.07) is 9.57. The summed E-state index contributed by atoms with van der Waals surface area (Å²) in [5.74, 6) is 0.974. The summed E-state index contributed by atoms with van der Waals surface area (Å²) in [6.45, 7) is 0.765. The highest BCUT2D eigenvalue weighted by molar-refractivity contribution is 8.00. The summed E-state index contributed by atoms with van der Waals surface area (Å²) >= 11 is 1.31. The number of carbonyl (C=O) groups excluding carboxylic acids is 1. The first-order valence-corrected chi connectivity index (χ1v) is 7.83. The van der Waals surface area contributed by atoms with Gasteiger partial charge in [-0.05, 0) is 18.6 Å². The molecule has 0 N–H and O–H groups in total. The van der Waals surface area contributed by atoms with Crippen LogP contribution in [0.3, 0.4) is 0 Å². The molecule has 1 amide bonds. The normalized spacial score (nSPS) is 18.5. The summed E-state index contributed by atoms with van der Waals surface area (Å²) in [5, 5.41) is 9.24. The standard InChI is InChI=1S/C15H13N3O3S/c1-18-7-6-12(14(18)19)22-15-17-16-13(21-15)11-8-9-4-2-3-5-10(9)20-11/h2-5,8,12H,6-7H2,1H3/t12-/m1/s1. The smallest absolute Gasteiger partial charge is 0.284 e. The Hall–Kier alpha value is -2.28. The molecule has 1 saturated heterocycles. The quantitative estimate of drug-likeness (QED) is 0.740. The summed E-state index contributed by atoms with van der Waals surface area (Å²) in [6.07, 6.45) is 0.794. The molecule has 1 aliphatic rings. The molecule has 0 bridgehead atoms. The maximum absolute atomic E-state index is 11.9. The molecule has 0 spiro atoms. The van der Waals surface area contributed by atoms with E-state index in [1.54, 1.807) is 11.9 Å². The Balaban J connectivity index is 1.57. The van der Waals surface area contributed by atoms with Gasteiger partial charge in [0.15, 0.2) is 5.76 Å². The van der Waals surface area contributed by atoms with E-state index in [1.165, 1.54) is 11.8 Å². The Bertz CT molecular complexity index is 808. The van der Waals surface area contributed by atoms with Crippen molar-refractivity contribution >= 4 is 28.6 Å². The topological polar surface area (TPSA) is 72.4 Å². The van der Waals surface area contributed by atoms with E-state index in [9.17, 15) is 4.79 Å². The second kappa shape index (κ2) is 5.17. The lowest BCUT2D eigenvalue weighted by Gasteiger charge is -2.07. The third-order valence-electron chi connectivity index (χ3n) is 3.66. The van der Waals surface area contributed by atoms with E-state index >= 15 is 0 Å².